The number of nitrogens with one attached hydrogen (secondary N) is 1. The summed E-state index contributed by atoms with van der Waals surface area (Å²) in [5, 5.41) is 18.6. The molecule has 0 atom stereocenters. The standard InChI is InChI=1S/C15H21N3O2/c1-17-6-4-11(5-7-17)14-13(19)10-18(15(14)16)9-12-3-2-8-20-12/h2-3,8,11,16,19H,4-7,9-10H2,1H3. The quantitative estimate of drug-likeness (QED) is 0.888. The van der Waals surface area contributed by atoms with Crippen molar-refractivity contribution >= 4 is 5.84 Å². The van der Waals surface area contributed by atoms with Crippen LogP contribution in [0.1, 0.15) is 18.6 Å². The number of hydrogen-bond acceptors (Lipinski definition) is 4. The molecule has 2 aliphatic heterocycles. The van der Waals surface area contributed by atoms with Gasteiger partial charge in [0.25, 0.3) is 0 Å². The minimum absolute atomic E-state index is 0.320. The molecule has 3 heterocycles. The molecule has 5 heteroatoms. The van der Waals surface area contributed by atoms with Crippen molar-refractivity contribution in [3.8, 4) is 0 Å². The summed E-state index contributed by atoms with van der Waals surface area (Å²) in [5.74, 6) is 1.98. The van der Waals surface area contributed by atoms with E-state index in [1.807, 2.05) is 17.0 Å². The van der Waals surface area contributed by atoms with Crippen LogP contribution in [-0.2, 0) is 6.54 Å². The Morgan fingerprint density at radius 1 is 1.40 bits per heavy atom. The SMILES string of the molecule is CN1CCC(C2=C(O)CN(Cc3ccco3)C2=N)CC1. The highest BCUT2D eigenvalue weighted by atomic mass is 16.3. The number of aliphatic hydroxyl groups excluding tert-OH is 1. The van der Waals surface area contributed by atoms with E-state index < -0.39 is 0 Å². The van der Waals surface area contributed by atoms with E-state index in [4.69, 9.17) is 9.83 Å². The lowest BCUT2D eigenvalue weighted by molar-refractivity contribution is 0.237. The van der Waals surface area contributed by atoms with Gasteiger partial charge in [0.05, 0.1) is 19.4 Å². The van der Waals surface area contributed by atoms with Crippen LogP contribution in [0.5, 0.6) is 0 Å². The van der Waals surface area contributed by atoms with Crippen molar-refractivity contribution < 1.29 is 9.52 Å². The molecule has 1 aromatic rings. The van der Waals surface area contributed by atoms with Crippen LogP contribution < -0.4 is 0 Å². The van der Waals surface area contributed by atoms with Crippen molar-refractivity contribution in [1.82, 2.24) is 9.80 Å². The maximum atomic E-state index is 10.2. The molecule has 1 aromatic heterocycles. The summed E-state index contributed by atoms with van der Waals surface area (Å²) < 4.78 is 5.33. The second kappa shape index (κ2) is 5.32. The molecular weight excluding hydrogens is 254 g/mol. The summed E-state index contributed by atoms with van der Waals surface area (Å²) in [7, 11) is 2.12. The minimum Gasteiger partial charge on any atom is -0.510 e. The van der Waals surface area contributed by atoms with Crippen molar-refractivity contribution in [2.24, 2.45) is 5.92 Å². The monoisotopic (exact) mass is 275 g/mol. The van der Waals surface area contributed by atoms with E-state index in [0.717, 1.165) is 37.3 Å². The Hall–Kier alpha value is -1.75. The molecule has 0 aliphatic carbocycles. The smallest absolute Gasteiger partial charge is 0.128 e. The first-order valence-electron chi connectivity index (χ1n) is 7.12. The Morgan fingerprint density at radius 2 is 2.15 bits per heavy atom. The maximum Gasteiger partial charge on any atom is 0.128 e. The molecule has 108 valence electrons. The fourth-order valence-electron chi connectivity index (χ4n) is 3.10. The lowest BCUT2D eigenvalue weighted by Gasteiger charge is -2.30. The average molecular weight is 275 g/mol. The van der Waals surface area contributed by atoms with E-state index in [0.29, 0.717) is 30.6 Å². The number of rotatable bonds is 3. The zero-order valence-electron chi connectivity index (χ0n) is 11.8. The summed E-state index contributed by atoms with van der Waals surface area (Å²) in [6, 6.07) is 3.75. The molecule has 2 aliphatic rings. The van der Waals surface area contributed by atoms with E-state index in [1.165, 1.54) is 0 Å². The lowest BCUT2D eigenvalue weighted by atomic mass is 9.88. The lowest BCUT2D eigenvalue weighted by Crippen LogP contribution is -2.33. The first-order chi connectivity index (χ1) is 9.65. The zero-order chi connectivity index (χ0) is 14.1. The number of amidine groups is 1. The summed E-state index contributed by atoms with van der Waals surface area (Å²) >= 11 is 0. The van der Waals surface area contributed by atoms with Gasteiger partial charge in [0.2, 0.25) is 0 Å². The van der Waals surface area contributed by atoms with Crippen LogP contribution in [0.4, 0.5) is 0 Å². The van der Waals surface area contributed by atoms with Crippen LogP contribution >= 0.6 is 0 Å². The Kier molecular flexibility index (Phi) is 3.53. The number of nitrogens with zero attached hydrogens (tertiary/aromatic N) is 2. The van der Waals surface area contributed by atoms with Crippen molar-refractivity contribution in [3.63, 3.8) is 0 Å². The zero-order valence-corrected chi connectivity index (χ0v) is 11.8. The molecule has 0 saturated carbocycles. The first-order valence-corrected chi connectivity index (χ1v) is 7.12. The Bertz CT molecular complexity index is 513. The molecule has 0 unspecified atom stereocenters. The molecule has 0 amide bonds. The number of aliphatic hydroxyl groups is 1. The van der Waals surface area contributed by atoms with Gasteiger partial charge in [0, 0.05) is 5.57 Å². The second-order valence-corrected chi connectivity index (χ2v) is 5.72. The van der Waals surface area contributed by atoms with Crippen LogP contribution in [-0.4, -0.2) is 47.4 Å². The molecule has 20 heavy (non-hydrogen) atoms. The van der Waals surface area contributed by atoms with Crippen LogP contribution in [0.2, 0.25) is 0 Å². The summed E-state index contributed by atoms with van der Waals surface area (Å²) in [4.78, 5) is 4.18. The van der Waals surface area contributed by atoms with Gasteiger partial charge in [-0.05, 0) is 51.0 Å². The number of hydrogen-bond donors (Lipinski definition) is 2. The van der Waals surface area contributed by atoms with Crippen LogP contribution in [0.15, 0.2) is 34.1 Å². The van der Waals surface area contributed by atoms with Crippen LogP contribution in [0.3, 0.4) is 0 Å². The van der Waals surface area contributed by atoms with Crippen molar-refractivity contribution in [2.75, 3.05) is 26.7 Å². The maximum absolute atomic E-state index is 10.2. The van der Waals surface area contributed by atoms with Gasteiger partial charge in [-0.25, -0.2) is 0 Å². The Balaban J connectivity index is 1.69. The molecule has 3 rings (SSSR count). The van der Waals surface area contributed by atoms with Gasteiger partial charge in [0.1, 0.15) is 17.4 Å². The average Bonchev–Trinajstić information content (AvgIpc) is 3.02. The molecule has 0 radical (unpaired) electrons. The largest absolute Gasteiger partial charge is 0.510 e. The minimum atomic E-state index is 0.320. The van der Waals surface area contributed by atoms with E-state index in [9.17, 15) is 5.11 Å². The van der Waals surface area contributed by atoms with Gasteiger partial charge in [-0.15, -0.1) is 0 Å². The molecule has 0 bridgehead atoms. The predicted octanol–water partition coefficient (Wildman–Crippen LogP) is 2.23. The summed E-state index contributed by atoms with van der Waals surface area (Å²) in [6.07, 6.45) is 3.68. The third-order valence-electron chi connectivity index (χ3n) is 4.28. The van der Waals surface area contributed by atoms with Gasteiger partial charge in [-0.3, -0.25) is 5.41 Å². The predicted molar refractivity (Wildman–Crippen MR) is 76.7 cm³/mol. The molecule has 0 aromatic carbocycles. The van der Waals surface area contributed by atoms with Crippen molar-refractivity contribution in [3.05, 3.63) is 35.5 Å². The number of likely N-dealkylation sites (tertiary alicyclic amines) is 1. The van der Waals surface area contributed by atoms with E-state index >= 15 is 0 Å². The fourth-order valence-corrected chi connectivity index (χ4v) is 3.10. The van der Waals surface area contributed by atoms with Gasteiger partial charge in [-0.1, -0.05) is 0 Å². The fraction of sp³-hybridized carbons (Fsp3) is 0.533. The molecule has 5 nitrogen and oxygen atoms in total. The number of piperidine rings is 1. The second-order valence-electron chi connectivity index (χ2n) is 5.72. The number of furan rings is 1. The topological polar surface area (TPSA) is 63.7 Å². The highest BCUT2D eigenvalue weighted by Gasteiger charge is 2.34. The first kappa shape index (κ1) is 13.2. The Morgan fingerprint density at radius 3 is 2.80 bits per heavy atom. The van der Waals surface area contributed by atoms with Crippen molar-refractivity contribution in [1.29, 1.82) is 5.41 Å². The summed E-state index contributed by atoms with van der Waals surface area (Å²) in [6.45, 7) is 3.05. The van der Waals surface area contributed by atoms with E-state index in [-0.39, 0.29) is 0 Å². The van der Waals surface area contributed by atoms with Crippen LogP contribution in [0, 0.1) is 11.3 Å². The molecular formula is C15H21N3O2. The molecule has 1 fully saturated rings. The van der Waals surface area contributed by atoms with Gasteiger partial charge < -0.3 is 19.3 Å². The van der Waals surface area contributed by atoms with Gasteiger partial charge in [0.15, 0.2) is 0 Å². The molecule has 1 saturated heterocycles. The van der Waals surface area contributed by atoms with Crippen LogP contribution in [0.25, 0.3) is 0 Å². The Labute approximate surface area is 119 Å². The normalized spacial score (nSPS) is 22.1. The highest BCUT2D eigenvalue weighted by Crippen LogP contribution is 2.32. The van der Waals surface area contributed by atoms with Gasteiger partial charge in [-0.2, -0.15) is 0 Å². The molecule has 0 spiro atoms. The van der Waals surface area contributed by atoms with Gasteiger partial charge >= 0.3 is 0 Å². The highest BCUT2D eigenvalue weighted by molar-refractivity contribution is 5.99. The summed E-state index contributed by atoms with van der Waals surface area (Å²) in [5.41, 5.74) is 0.852. The third-order valence-corrected chi connectivity index (χ3v) is 4.28. The molecule has 2 N–H and O–H groups in total. The van der Waals surface area contributed by atoms with Crippen molar-refractivity contribution in [2.45, 2.75) is 19.4 Å². The van der Waals surface area contributed by atoms with E-state index in [2.05, 4.69) is 11.9 Å². The van der Waals surface area contributed by atoms with E-state index in [1.54, 1.807) is 6.26 Å². The third kappa shape index (κ3) is 2.45.